The number of rotatable bonds is 0. The van der Waals surface area contributed by atoms with Gasteiger partial charge in [0.25, 0.3) is 0 Å². The second-order valence-corrected chi connectivity index (χ2v) is 4.63. The van der Waals surface area contributed by atoms with E-state index in [1.165, 1.54) is 18.4 Å². The molecule has 0 aromatic rings. The van der Waals surface area contributed by atoms with Crippen LogP contribution in [0.15, 0.2) is 59.3 Å². The van der Waals surface area contributed by atoms with Crippen molar-refractivity contribution in [3.8, 4) is 0 Å². The summed E-state index contributed by atoms with van der Waals surface area (Å²) in [5.74, 6) is 1.21. The minimum absolute atomic E-state index is 0.603. The lowest BCUT2D eigenvalue weighted by molar-refractivity contribution is 0.588. The molecule has 0 spiro atoms. The van der Waals surface area contributed by atoms with Gasteiger partial charge in [-0.25, -0.2) is 0 Å². The van der Waals surface area contributed by atoms with Gasteiger partial charge in [0, 0.05) is 11.8 Å². The van der Waals surface area contributed by atoms with Crippen LogP contribution in [0.3, 0.4) is 0 Å². The van der Waals surface area contributed by atoms with Gasteiger partial charge >= 0.3 is 0 Å². The van der Waals surface area contributed by atoms with Gasteiger partial charge in [0.1, 0.15) is 0 Å². The molecule has 2 atom stereocenters. The molecule has 0 bridgehead atoms. The molecule has 0 aromatic carbocycles. The maximum atomic E-state index is 2.41. The standard InChI is InChI=1S/C15H16/c1-11-10-12-6-2-3-8-14(12)15-9-5-4-7-13(11)15/h3-5,7-10,13,15H,2,6H2,1H3/t13-,15?/m1/s1. The number of hydrogen-bond acceptors (Lipinski definition) is 0. The predicted molar refractivity (Wildman–Crippen MR) is 64.4 cm³/mol. The van der Waals surface area contributed by atoms with E-state index in [1.54, 1.807) is 11.1 Å². The van der Waals surface area contributed by atoms with Crippen LogP contribution in [0, 0.1) is 11.8 Å². The molecular weight excluding hydrogens is 180 g/mol. The van der Waals surface area contributed by atoms with Crippen molar-refractivity contribution in [1.82, 2.24) is 0 Å². The molecular formula is C15H16. The molecule has 0 nitrogen and oxygen atoms in total. The molecule has 0 aromatic heterocycles. The molecule has 3 aliphatic carbocycles. The molecule has 1 unspecified atom stereocenters. The Hall–Kier alpha value is -1.30. The highest BCUT2D eigenvalue weighted by molar-refractivity contribution is 5.48. The summed E-state index contributed by atoms with van der Waals surface area (Å²) in [7, 11) is 0. The molecule has 0 amide bonds. The lowest BCUT2D eigenvalue weighted by Crippen LogP contribution is -2.21. The maximum absolute atomic E-state index is 2.41. The van der Waals surface area contributed by atoms with Gasteiger partial charge in [-0.05, 0) is 30.9 Å². The Bertz CT molecular complexity index is 427. The van der Waals surface area contributed by atoms with Crippen LogP contribution in [-0.2, 0) is 0 Å². The molecule has 3 rings (SSSR count). The van der Waals surface area contributed by atoms with Crippen LogP contribution in [-0.4, -0.2) is 0 Å². The van der Waals surface area contributed by atoms with Crippen LogP contribution >= 0.6 is 0 Å². The monoisotopic (exact) mass is 196 g/mol. The summed E-state index contributed by atoms with van der Waals surface area (Å²) < 4.78 is 0. The number of fused-ring (bicyclic) bond motifs is 2. The average Bonchev–Trinajstić information content (AvgIpc) is 2.30. The molecule has 0 saturated carbocycles. The highest BCUT2D eigenvalue weighted by Gasteiger charge is 2.28. The van der Waals surface area contributed by atoms with E-state index in [0.29, 0.717) is 11.8 Å². The Kier molecular flexibility index (Phi) is 2.02. The van der Waals surface area contributed by atoms with Crippen molar-refractivity contribution in [2.75, 3.05) is 0 Å². The van der Waals surface area contributed by atoms with E-state index in [4.69, 9.17) is 0 Å². The first-order chi connectivity index (χ1) is 7.36. The summed E-state index contributed by atoms with van der Waals surface area (Å²) >= 11 is 0. The number of allylic oxidation sites excluding steroid dienone is 10. The fraction of sp³-hybridized carbons (Fsp3) is 0.333. The molecule has 3 aliphatic rings. The first kappa shape index (κ1) is 8.96. The second kappa shape index (κ2) is 3.37. The first-order valence-electron chi connectivity index (χ1n) is 5.79. The molecule has 15 heavy (non-hydrogen) atoms. The van der Waals surface area contributed by atoms with Crippen LogP contribution in [0.25, 0.3) is 0 Å². The quantitative estimate of drug-likeness (QED) is 0.550. The third-order valence-electron chi connectivity index (χ3n) is 3.67. The van der Waals surface area contributed by atoms with Crippen molar-refractivity contribution < 1.29 is 0 Å². The van der Waals surface area contributed by atoms with Crippen LogP contribution in [0.1, 0.15) is 19.8 Å². The minimum Gasteiger partial charge on any atom is -0.0839 e. The van der Waals surface area contributed by atoms with E-state index in [0.717, 1.165) is 0 Å². The first-order valence-corrected chi connectivity index (χ1v) is 5.79. The van der Waals surface area contributed by atoms with E-state index in [2.05, 4.69) is 49.5 Å². The normalized spacial score (nSPS) is 32.5. The minimum atomic E-state index is 0.603. The Morgan fingerprint density at radius 1 is 1.13 bits per heavy atom. The van der Waals surface area contributed by atoms with Crippen LogP contribution in [0.2, 0.25) is 0 Å². The Morgan fingerprint density at radius 3 is 2.80 bits per heavy atom. The highest BCUT2D eigenvalue weighted by Crippen LogP contribution is 2.41. The van der Waals surface area contributed by atoms with Crippen molar-refractivity contribution in [2.24, 2.45) is 11.8 Å². The maximum Gasteiger partial charge on any atom is 0.0124 e. The summed E-state index contributed by atoms with van der Waals surface area (Å²) in [5, 5.41) is 0. The van der Waals surface area contributed by atoms with E-state index in [9.17, 15) is 0 Å². The van der Waals surface area contributed by atoms with Crippen molar-refractivity contribution in [2.45, 2.75) is 19.8 Å². The lowest BCUT2D eigenvalue weighted by Gasteiger charge is -2.33. The van der Waals surface area contributed by atoms with Gasteiger partial charge in [0.05, 0.1) is 0 Å². The number of hydrogen-bond donors (Lipinski definition) is 0. The molecule has 0 saturated heterocycles. The van der Waals surface area contributed by atoms with Gasteiger partial charge < -0.3 is 0 Å². The molecule has 0 fully saturated rings. The fourth-order valence-electron chi connectivity index (χ4n) is 2.89. The zero-order valence-corrected chi connectivity index (χ0v) is 9.11. The smallest absolute Gasteiger partial charge is 0.0124 e. The zero-order chi connectivity index (χ0) is 10.3. The van der Waals surface area contributed by atoms with E-state index in [-0.39, 0.29) is 0 Å². The Balaban J connectivity index is 2.09. The summed E-state index contributed by atoms with van der Waals surface area (Å²) in [6.45, 7) is 2.27. The van der Waals surface area contributed by atoms with Crippen LogP contribution in [0.4, 0.5) is 0 Å². The summed E-state index contributed by atoms with van der Waals surface area (Å²) in [6.07, 6.45) is 18.5. The molecule has 0 heteroatoms. The van der Waals surface area contributed by atoms with Gasteiger partial charge in [0.15, 0.2) is 0 Å². The predicted octanol–water partition coefficient (Wildman–Crippen LogP) is 3.95. The highest BCUT2D eigenvalue weighted by atomic mass is 14.3. The van der Waals surface area contributed by atoms with Gasteiger partial charge in [-0.3, -0.25) is 0 Å². The van der Waals surface area contributed by atoms with Crippen molar-refractivity contribution >= 4 is 0 Å². The van der Waals surface area contributed by atoms with Gasteiger partial charge in [-0.2, -0.15) is 0 Å². The third-order valence-corrected chi connectivity index (χ3v) is 3.67. The summed E-state index contributed by atoms with van der Waals surface area (Å²) in [4.78, 5) is 0. The zero-order valence-electron chi connectivity index (χ0n) is 9.11. The van der Waals surface area contributed by atoms with E-state index in [1.807, 2.05) is 0 Å². The van der Waals surface area contributed by atoms with Crippen molar-refractivity contribution in [3.05, 3.63) is 59.3 Å². The average molecular weight is 196 g/mol. The van der Waals surface area contributed by atoms with E-state index >= 15 is 0 Å². The van der Waals surface area contributed by atoms with Crippen LogP contribution in [0.5, 0.6) is 0 Å². The molecule has 0 N–H and O–H groups in total. The molecule has 0 heterocycles. The Morgan fingerprint density at radius 2 is 1.93 bits per heavy atom. The van der Waals surface area contributed by atoms with Gasteiger partial charge in [-0.15, -0.1) is 0 Å². The fourth-order valence-corrected chi connectivity index (χ4v) is 2.89. The molecule has 0 radical (unpaired) electrons. The largest absolute Gasteiger partial charge is 0.0839 e. The van der Waals surface area contributed by atoms with Crippen LogP contribution < -0.4 is 0 Å². The summed E-state index contributed by atoms with van der Waals surface area (Å²) in [5.41, 5.74) is 4.64. The van der Waals surface area contributed by atoms with Crippen molar-refractivity contribution in [3.63, 3.8) is 0 Å². The van der Waals surface area contributed by atoms with E-state index < -0.39 is 0 Å². The molecule has 76 valence electrons. The SMILES string of the molecule is CC1=CC2=C(C=CCC2)C2C=CC=C[C@H]12. The van der Waals surface area contributed by atoms with Crippen molar-refractivity contribution in [1.29, 1.82) is 0 Å². The lowest BCUT2D eigenvalue weighted by atomic mass is 9.71. The molecule has 0 aliphatic heterocycles. The summed E-state index contributed by atoms with van der Waals surface area (Å²) in [6, 6.07) is 0. The van der Waals surface area contributed by atoms with Gasteiger partial charge in [-0.1, -0.05) is 48.1 Å². The second-order valence-electron chi connectivity index (χ2n) is 4.63. The van der Waals surface area contributed by atoms with Gasteiger partial charge in [0.2, 0.25) is 0 Å². The topological polar surface area (TPSA) is 0 Å². The third kappa shape index (κ3) is 1.36. The Labute approximate surface area is 91.4 Å².